The zero-order valence-electron chi connectivity index (χ0n) is 9.10. The van der Waals surface area contributed by atoms with Crippen molar-refractivity contribution in [1.29, 1.82) is 0 Å². The van der Waals surface area contributed by atoms with Gasteiger partial charge in [-0.2, -0.15) is 0 Å². The third kappa shape index (κ3) is 2.53. The van der Waals surface area contributed by atoms with Crippen LogP contribution in [0.2, 0.25) is 19.6 Å². The first-order valence-corrected chi connectivity index (χ1v) is 8.97. The van der Waals surface area contributed by atoms with E-state index in [9.17, 15) is 5.11 Å². The van der Waals surface area contributed by atoms with Crippen molar-refractivity contribution in [2.45, 2.75) is 38.7 Å². The van der Waals surface area contributed by atoms with Crippen LogP contribution >= 0.6 is 0 Å². The molecule has 0 rings (SSSR count). The molecule has 0 aromatic rings. The van der Waals surface area contributed by atoms with Gasteiger partial charge >= 0.3 is 0 Å². The second-order valence-corrected chi connectivity index (χ2v) is 10.8. The minimum absolute atomic E-state index is 0.602. The molecule has 0 heterocycles. The van der Waals surface area contributed by atoms with Gasteiger partial charge in [-0.3, -0.25) is 4.99 Å². The normalized spacial score (nSPS) is 19.3. The van der Waals surface area contributed by atoms with E-state index in [1.165, 1.54) is 0 Å². The fourth-order valence-corrected chi connectivity index (χ4v) is 4.66. The van der Waals surface area contributed by atoms with Crippen LogP contribution in [0.15, 0.2) is 4.99 Å². The quantitative estimate of drug-likeness (QED) is 0.523. The largest absolute Gasteiger partial charge is 0.388 e. The Hall–Kier alpha value is 0.0638. The van der Waals surface area contributed by atoms with Crippen LogP contribution in [0.1, 0.15) is 13.8 Å². The summed E-state index contributed by atoms with van der Waals surface area (Å²) in [7, 11) is -0.653. The molecule has 0 fully saturated rings. The van der Waals surface area contributed by atoms with E-state index in [0.717, 1.165) is 22.1 Å². The van der Waals surface area contributed by atoms with Gasteiger partial charge in [0, 0.05) is 11.9 Å². The minimum Gasteiger partial charge on any atom is -0.388 e. The van der Waals surface area contributed by atoms with E-state index in [2.05, 4.69) is 24.6 Å². The summed E-state index contributed by atoms with van der Waals surface area (Å²) in [5, 5.41) is 10.6. The number of aliphatic imine (C=N–C) groups is 1. The van der Waals surface area contributed by atoms with Gasteiger partial charge in [0.2, 0.25) is 0 Å². The predicted molar refractivity (Wildman–Crippen MR) is 61.9 cm³/mol. The van der Waals surface area contributed by atoms with Crippen LogP contribution in [0.25, 0.3) is 0 Å². The molecule has 2 nitrogen and oxygen atoms in total. The molecule has 0 amide bonds. The molecule has 1 N–H and O–H groups in total. The summed E-state index contributed by atoms with van der Waals surface area (Å²) in [6.45, 7) is 11.3. The van der Waals surface area contributed by atoms with Crippen molar-refractivity contribution in [2.24, 2.45) is 4.99 Å². The first-order chi connectivity index (χ1) is 5.23. The van der Waals surface area contributed by atoms with E-state index in [0.29, 0.717) is 0 Å². The Morgan fingerprint density at radius 3 is 2.17 bits per heavy atom. The van der Waals surface area contributed by atoms with Crippen LogP contribution in [0.3, 0.4) is 0 Å². The van der Waals surface area contributed by atoms with E-state index in [1.54, 1.807) is 0 Å². The second-order valence-electron chi connectivity index (χ2n) is 4.38. The monoisotopic (exact) mass is 203 g/mol. The fourth-order valence-electron chi connectivity index (χ4n) is 0.934. The summed E-state index contributed by atoms with van der Waals surface area (Å²) in [5.41, 5.74) is 0. The van der Waals surface area contributed by atoms with Crippen LogP contribution in [0.5, 0.6) is 0 Å². The highest BCUT2D eigenvalue weighted by Gasteiger charge is 2.39. The van der Waals surface area contributed by atoms with Crippen LogP contribution in [0.4, 0.5) is 0 Å². The summed E-state index contributed by atoms with van der Waals surface area (Å²) in [5.74, 6) is 0. The molecule has 0 aromatic heterocycles. The average molecular weight is 203 g/mol. The lowest BCUT2D eigenvalue weighted by molar-refractivity contribution is 0.209. The van der Waals surface area contributed by atoms with Crippen LogP contribution < -0.4 is 0 Å². The highest BCUT2D eigenvalue weighted by atomic mass is 28.3. The van der Waals surface area contributed by atoms with Gasteiger partial charge in [-0.15, -0.1) is 0 Å². The molecule has 0 aliphatic carbocycles. The Morgan fingerprint density at radius 1 is 1.50 bits per heavy atom. The fraction of sp³-hybridized carbons (Fsp3) is 0.875. The predicted octanol–water partition coefficient (Wildman–Crippen LogP) is 0.399. The van der Waals surface area contributed by atoms with Crippen molar-refractivity contribution in [3.63, 3.8) is 0 Å². The van der Waals surface area contributed by atoms with Crippen molar-refractivity contribution in [1.82, 2.24) is 0 Å². The first kappa shape index (κ1) is 12.1. The molecule has 1 atom stereocenters. The second kappa shape index (κ2) is 3.85. The zero-order valence-corrected chi connectivity index (χ0v) is 12.1. The third-order valence-corrected chi connectivity index (χ3v) is 7.63. The summed E-state index contributed by atoms with van der Waals surface area (Å²) < 4.78 is 0. The van der Waals surface area contributed by atoms with Gasteiger partial charge in [0.05, 0.1) is 23.5 Å². The Morgan fingerprint density at radius 2 is 1.92 bits per heavy atom. The summed E-state index contributed by atoms with van der Waals surface area (Å²) >= 11 is 0. The molecule has 0 aliphatic rings. The molecule has 0 saturated carbocycles. The van der Waals surface area contributed by atoms with Gasteiger partial charge in [0.25, 0.3) is 0 Å². The molecule has 0 aromatic carbocycles. The molecule has 0 bridgehead atoms. The molecule has 0 aliphatic heterocycles. The van der Waals surface area contributed by atoms with Crippen molar-refractivity contribution in [2.75, 3.05) is 6.54 Å². The molecular weight excluding hydrogens is 182 g/mol. The molecule has 12 heavy (non-hydrogen) atoms. The zero-order chi connectivity index (χ0) is 9.99. The minimum atomic E-state index is -1.53. The van der Waals surface area contributed by atoms with Gasteiger partial charge in [-0.05, 0) is 13.8 Å². The lowest BCUT2D eigenvalue weighted by Gasteiger charge is -2.35. The molecule has 0 radical (unpaired) electrons. The van der Waals surface area contributed by atoms with E-state index >= 15 is 0 Å². The lowest BCUT2D eigenvalue weighted by atomic mass is 10.4. The van der Waals surface area contributed by atoms with E-state index in [-0.39, 0.29) is 0 Å². The number of aliphatic hydroxyl groups is 1. The molecule has 0 saturated heterocycles. The van der Waals surface area contributed by atoms with Gasteiger partial charge in [-0.25, -0.2) is 0 Å². The SMILES string of the molecule is CCN=C([SiH3])C(C)(O)[Si](C)(C)C. The summed E-state index contributed by atoms with van der Waals surface area (Å²) in [6, 6.07) is 0. The van der Waals surface area contributed by atoms with Gasteiger partial charge in [-0.1, -0.05) is 19.6 Å². The highest BCUT2D eigenvalue weighted by Crippen LogP contribution is 2.20. The number of nitrogens with zero attached hydrogens (tertiary/aromatic N) is 1. The maximum atomic E-state index is 10.2. The van der Waals surface area contributed by atoms with Crippen molar-refractivity contribution < 1.29 is 5.11 Å². The Labute approximate surface area is 79.5 Å². The van der Waals surface area contributed by atoms with Crippen LogP contribution in [0, 0.1) is 0 Å². The first-order valence-electron chi connectivity index (χ1n) is 4.47. The van der Waals surface area contributed by atoms with Gasteiger partial charge < -0.3 is 5.11 Å². The van der Waals surface area contributed by atoms with E-state index in [4.69, 9.17) is 0 Å². The van der Waals surface area contributed by atoms with Gasteiger partial charge in [0.15, 0.2) is 0 Å². The lowest BCUT2D eigenvalue weighted by Crippen LogP contribution is -2.56. The third-order valence-electron chi connectivity index (χ3n) is 2.56. The average Bonchev–Trinajstić information content (AvgIpc) is 1.85. The van der Waals surface area contributed by atoms with Crippen LogP contribution in [-0.2, 0) is 0 Å². The Balaban J connectivity index is 4.73. The highest BCUT2D eigenvalue weighted by molar-refractivity contribution is 6.87. The van der Waals surface area contributed by atoms with Crippen molar-refractivity contribution >= 4 is 23.7 Å². The Bertz CT molecular complexity index is 182. The van der Waals surface area contributed by atoms with Gasteiger partial charge in [0.1, 0.15) is 0 Å². The van der Waals surface area contributed by atoms with E-state index < -0.39 is 13.3 Å². The van der Waals surface area contributed by atoms with Crippen LogP contribution in [-0.4, -0.2) is 40.5 Å². The topological polar surface area (TPSA) is 32.6 Å². The maximum Gasteiger partial charge on any atom is 0.0884 e. The summed E-state index contributed by atoms with van der Waals surface area (Å²) in [4.78, 5) is 4.33. The molecule has 1 unspecified atom stereocenters. The summed E-state index contributed by atoms with van der Waals surface area (Å²) in [6.07, 6.45) is 0. The molecule has 0 spiro atoms. The number of hydrogen-bond acceptors (Lipinski definition) is 2. The Kier molecular flexibility index (Phi) is 3.87. The maximum absolute atomic E-state index is 10.2. The van der Waals surface area contributed by atoms with E-state index in [1.807, 2.05) is 13.8 Å². The number of hydrogen-bond donors (Lipinski definition) is 1. The number of rotatable bonds is 3. The smallest absolute Gasteiger partial charge is 0.0884 e. The molecular formula is C8H21NOSi2. The van der Waals surface area contributed by atoms with Crippen molar-refractivity contribution in [3.05, 3.63) is 0 Å². The molecule has 72 valence electrons. The van der Waals surface area contributed by atoms with Crippen molar-refractivity contribution in [3.8, 4) is 0 Å². The standard InChI is InChI=1S/C8H21NOSi2/c1-6-9-7(11)8(2,10)12(3,4)5/h10H,6H2,1-5,11H3. The molecule has 4 heteroatoms.